The number of aromatic nitrogens is 4. The molecule has 3 aromatic heterocycles. The van der Waals surface area contributed by atoms with Crippen LogP contribution in [0.25, 0.3) is 33.2 Å². The average Bonchev–Trinajstić information content (AvgIpc) is 3.65. The first kappa shape index (κ1) is 64.8. The summed E-state index contributed by atoms with van der Waals surface area (Å²) in [6.07, 6.45) is 1.44. The number of carbonyl (C=O) groups excluding carboxylic acids is 3. The Morgan fingerprint density at radius 2 is 1.14 bits per heavy atom. The third-order valence-corrected chi connectivity index (χ3v) is 15.4. The lowest BCUT2D eigenvalue weighted by molar-refractivity contribution is -0.140. The fraction of sp³-hybridized carbons (Fsp3) is 0.557. The van der Waals surface area contributed by atoms with Gasteiger partial charge in [0.25, 0.3) is 0 Å². The monoisotopic (exact) mass is 1220 g/mol. The van der Waals surface area contributed by atoms with E-state index in [-0.39, 0.29) is 82.7 Å². The maximum absolute atomic E-state index is 15.0. The number of ether oxygens (including phenoxy) is 14. The van der Waals surface area contributed by atoms with E-state index in [1.807, 2.05) is 32.9 Å². The minimum Gasteiger partial charge on any atom is -0.487 e. The summed E-state index contributed by atoms with van der Waals surface area (Å²) < 4.78 is 80.4. The van der Waals surface area contributed by atoms with Crippen molar-refractivity contribution in [2.75, 3.05) is 147 Å². The van der Waals surface area contributed by atoms with Crippen LogP contribution in [-0.4, -0.2) is 185 Å². The first-order valence-electron chi connectivity index (χ1n) is 28.3. The van der Waals surface area contributed by atoms with E-state index in [1.54, 1.807) is 33.5 Å². The Kier molecular flexibility index (Phi) is 25.8. The van der Waals surface area contributed by atoms with Crippen LogP contribution in [-0.2, 0) is 69.9 Å². The zero-order chi connectivity index (χ0) is 59.3. The number of nitrogens with one attached hydrogen (secondary N) is 2. The summed E-state index contributed by atoms with van der Waals surface area (Å²) >= 11 is 3.96. The number of aryl methyl sites for hydroxylation is 2. The summed E-state index contributed by atoms with van der Waals surface area (Å²) in [6, 6.07) is 7.37. The number of nitrogens with zero attached hydrogens (tertiary/aromatic N) is 2. The normalized spacial score (nSPS) is 14.7. The predicted octanol–water partition coefficient (Wildman–Crippen LogP) is 9.15. The Bertz CT molecular complexity index is 3000. The first-order chi connectivity index (χ1) is 40.3. The van der Waals surface area contributed by atoms with Gasteiger partial charge in [-0.3, -0.25) is 14.6 Å². The van der Waals surface area contributed by atoms with Crippen molar-refractivity contribution in [1.82, 2.24) is 19.9 Å². The number of Topliss-reactive ketones (excluding diaryl/α,β-unsaturated/α-hetero) is 1. The Morgan fingerprint density at radius 1 is 0.627 bits per heavy atom. The van der Waals surface area contributed by atoms with Crippen LogP contribution in [0, 0.1) is 13.8 Å². The minimum absolute atomic E-state index is 0.00368. The number of allylic oxidation sites excluding steroid dienone is 2. The molecule has 1 aliphatic carbocycles. The molecule has 3 aliphatic rings. The maximum atomic E-state index is 15.0. The smallest absolute Gasteiger partial charge is 0.340 e. The van der Waals surface area contributed by atoms with Crippen molar-refractivity contribution in [2.45, 2.75) is 78.7 Å². The molecule has 0 saturated heterocycles. The van der Waals surface area contributed by atoms with Crippen molar-refractivity contribution in [2.24, 2.45) is 0 Å². The molecule has 2 atom stereocenters. The lowest BCUT2D eigenvalue weighted by atomic mass is 9.85. The molecule has 22 heteroatoms. The minimum atomic E-state index is -0.608. The molecule has 0 spiro atoms. The molecular formula is C61H81BrN4O17. The van der Waals surface area contributed by atoms with Crippen LogP contribution in [0.15, 0.2) is 28.7 Å². The van der Waals surface area contributed by atoms with Gasteiger partial charge in [-0.25, -0.2) is 9.78 Å². The number of methoxy groups -OCH3 is 4. The highest BCUT2D eigenvalue weighted by Crippen LogP contribution is 2.47. The molecule has 0 radical (unpaired) electrons. The van der Waals surface area contributed by atoms with E-state index in [9.17, 15) is 14.4 Å². The number of benzene rings is 1. The fourth-order valence-corrected chi connectivity index (χ4v) is 11.0. The number of fused-ring (bicyclic) bond motifs is 8. The van der Waals surface area contributed by atoms with Gasteiger partial charge in [-0.05, 0) is 102 Å². The lowest BCUT2D eigenvalue weighted by Gasteiger charge is -2.19. The first-order valence-corrected chi connectivity index (χ1v) is 29.1. The van der Waals surface area contributed by atoms with Crippen LogP contribution >= 0.6 is 15.9 Å². The summed E-state index contributed by atoms with van der Waals surface area (Å²) in [5.74, 6) is -0.435. The zero-order valence-corrected chi connectivity index (χ0v) is 51.0. The number of hydrogen-bond donors (Lipinski definition) is 2. The number of hydrogen-bond acceptors (Lipinski definition) is 19. The number of aromatic amines is 2. The van der Waals surface area contributed by atoms with Gasteiger partial charge in [0, 0.05) is 62.7 Å². The highest BCUT2D eigenvalue weighted by atomic mass is 79.9. The molecule has 21 nitrogen and oxygen atoms in total. The molecular weight excluding hydrogens is 1140 g/mol. The number of rotatable bonds is 37. The molecule has 83 heavy (non-hydrogen) atoms. The van der Waals surface area contributed by atoms with Gasteiger partial charge in [0.05, 0.1) is 156 Å². The molecule has 5 heterocycles. The van der Waals surface area contributed by atoms with Crippen LogP contribution < -0.4 is 14.2 Å². The maximum Gasteiger partial charge on any atom is 0.340 e. The van der Waals surface area contributed by atoms with Gasteiger partial charge in [0.2, 0.25) is 5.75 Å². The second-order valence-electron chi connectivity index (χ2n) is 19.9. The molecule has 2 N–H and O–H groups in total. The standard InChI is InChI=1S/C61H81BrN4O17/c1-10-42-37(2)45-35-48-53(40(5)57(65-48)55(62)56-38(3)43(11-12-52(68)73-9)58(66-56)44-33-49(67)54-39(4)46(64-59(44)54)34-47(42)63-45)61(69)83-36-41-31-50(80-28-25-77-22-19-74-16-13-70-6)60(82-30-27-79-24-21-76-18-15-72-8)51(32-41)81-29-26-78-23-20-75-17-14-71-7/h31-32,34-35,38,43,64-65H,10-30,33,36H2,1-9H3/t38-,43-/m0/s1. The van der Waals surface area contributed by atoms with E-state index in [0.717, 1.165) is 44.7 Å². The van der Waals surface area contributed by atoms with Crippen molar-refractivity contribution in [3.63, 3.8) is 0 Å². The third-order valence-electron chi connectivity index (χ3n) is 14.6. The second-order valence-corrected chi connectivity index (χ2v) is 20.7. The summed E-state index contributed by atoms with van der Waals surface area (Å²) in [5.41, 5.74) is 11.1. The van der Waals surface area contributed by atoms with Gasteiger partial charge in [-0.1, -0.05) is 13.8 Å². The van der Waals surface area contributed by atoms with Gasteiger partial charge in [-0.15, -0.1) is 0 Å². The molecule has 0 amide bonds. The topological polar surface area (TPSA) is 238 Å². The van der Waals surface area contributed by atoms with E-state index >= 15 is 0 Å². The molecule has 7 rings (SSSR count). The van der Waals surface area contributed by atoms with Crippen molar-refractivity contribution in [3.8, 4) is 17.2 Å². The fourth-order valence-electron chi connectivity index (χ4n) is 10.2. The lowest BCUT2D eigenvalue weighted by Crippen LogP contribution is -2.16. The van der Waals surface area contributed by atoms with Gasteiger partial charge in [-0.2, -0.15) is 0 Å². The predicted molar refractivity (Wildman–Crippen MR) is 314 cm³/mol. The molecule has 2 aliphatic heterocycles. The number of H-pyrrole nitrogens is 2. The SMILES string of the molecule is CCC1=C(C)c2cc3[nH]c(c(C)c3C(=O)OCc3cc(OCCOCCOCCOC)c(OCCOCCOCCOC)c(OCCOCCOCCOC)c3)c(Br)c3nc(c4c5[nH]c(cc1n2)c(C)c5C(=O)C4)[C@@H](CCC(=O)OC)[C@@H]3C. The van der Waals surface area contributed by atoms with E-state index in [4.69, 9.17) is 76.3 Å². The van der Waals surface area contributed by atoms with Gasteiger partial charge >= 0.3 is 11.9 Å². The Labute approximate surface area is 493 Å². The highest BCUT2D eigenvalue weighted by Gasteiger charge is 2.37. The Morgan fingerprint density at radius 3 is 1.69 bits per heavy atom. The summed E-state index contributed by atoms with van der Waals surface area (Å²) in [6.45, 7) is 16.0. The molecule has 0 fully saturated rings. The Hall–Kier alpha value is -5.79. The van der Waals surface area contributed by atoms with Gasteiger partial charge in [0.15, 0.2) is 17.3 Å². The van der Waals surface area contributed by atoms with E-state index in [0.29, 0.717) is 159 Å². The molecule has 0 unspecified atom stereocenters. The average molecular weight is 1220 g/mol. The van der Waals surface area contributed by atoms with E-state index in [1.165, 1.54) is 7.11 Å². The molecule has 454 valence electrons. The highest BCUT2D eigenvalue weighted by molar-refractivity contribution is 9.10. The molecule has 0 saturated carbocycles. The number of ketones is 1. The number of halogens is 1. The van der Waals surface area contributed by atoms with Crippen molar-refractivity contribution >= 4 is 66.9 Å². The largest absolute Gasteiger partial charge is 0.487 e. The van der Waals surface area contributed by atoms with Gasteiger partial charge in [0.1, 0.15) is 26.4 Å². The summed E-state index contributed by atoms with van der Waals surface area (Å²) in [7, 11) is 6.23. The summed E-state index contributed by atoms with van der Waals surface area (Å²) in [4.78, 5) is 59.2. The molecule has 4 aromatic rings. The van der Waals surface area contributed by atoms with E-state index < -0.39 is 5.97 Å². The Balaban J connectivity index is 1.26. The van der Waals surface area contributed by atoms with Gasteiger partial charge < -0.3 is 76.3 Å². The van der Waals surface area contributed by atoms with Crippen molar-refractivity contribution in [3.05, 3.63) is 84.9 Å². The van der Waals surface area contributed by atoms with Crippen LogP contribution in [0.3, 0.4) is 0 Å². The quantitative estimate of drug-likeness (QED) is 0.0316. The van der Waals surface area contributed by atoms with Crippen molar-refractivity contribution in [1.29, 1.82) is 0 Å². The van der Waals surface area contributed by atoms with Crippen molar-refractivity contribution < 1.29 is 80.7 Å². The third kappa shape index (κ3) is 17.0. The number of carbonyl (C=O) groups is 3. The zero-order valence-electron chi connectivity index (χ0n) is 49.4. The van der Waals surface area contributed by atoms with Crippen LogP contribution in [0.5, 0.6) is 17.2 Å². The van der Waals surface area contributed by atoms with Crippen LogP contribution in [0.2, 0.25) is 0 Å². The number of esters is 2. The second kappa shape index (κ2) is 33.0. The van der Waals surface area contributed by atoms with E-state index in [2.05, 4.69) is 39.7 Å². The van der Waals surface area contributed by atoms with Crippen LogP contribution in [0.4, 0.5) is 0 Å². The summed E-state index contributed by atoms with van der Waals surface area (Å²) in [5, 5.41) is 0. The molecule has 8 bridgehead atoms. The van der Waals surface area contributed by atoms with Crippen LogP contribution in [0.1, 0.15) is 118 Å². The molecule has 1 aromatic carbocycles.